The summed E-state index contributed by atoms with van der Waals surface area (Å²) in [6.45, 7) is 2.22. The Morgan fingerprint density at radius 3 is 2.50 bits per heavy atom. The van der Waals surface area contributed by atoms with Crippen LogP contribution in [0.5, 0.6) is 0 Å². The molecular weight excluding hydrogens is 245 g/mol. The van der Waals surface area contributed by atoms with Gasteiger partial charge in [-0.3, -0.25) is 0 Å². The standard InChI is InChI=1S/C13H23F3O2/c14-13(15,16)8-3-1-2-4-9-17-11-7-12-6-5-10-18-12/h12H,1-11H2. The molecule has 0 bridgehead atoms. The molecule has 0 aliphatic carbocycles. The highest BCUT2D eigenvalue weighted by Crippen LogP contribution is 2.22. The molecule has 1 aliphatic heterocycles. The first kappa shape index (κ1) is 15.8. The molecule has 5 heteroatoms. The molecule has 1 aliphatic rings. The fourth-order valence-corrected chi connectivity index (χ4v) is 2.07. The minimum atomic E-state index is -4.00. The topological polar surface area (TPSA) is 18.5 Å². The van der Waals surface area contributed by atoms with E-state index >= 15 is 0 Å². The van der Waals surface area contributed by atoms with Gasteiger partial charge in [-0.25, -0.2) is 0 Å². The predicted octanol–water partition coefficient (Wildman–Crippen LogP) is 4.08. The highest BCUT2D eigenvalue weighted by Gasteiger charge is 2.25. The van der Waals surface area contributed by atoms with Crippen molar-refractivity contribution >= 4 is 0 Å². The first-order valence-electron chi connectivity index (χ1n) is 6.84. The average Bonchev–Trinajstić information content (AvgIpc) is 2.78. The van der Waals surface area contributed by atoms with Crippen LogP contribution >= 0.6 is 0 Å². The van der Waals surface area contributed by atoms with Crippen LogP contribution in [0.2, 0.25) is 0 Å². The number of unbranched alkanes of at least 4 members (excludes halogenated alkanes) is 3. The van der Waals surface area contributed by atoms with Crippen LogP contribution < -0.4 is 0 Å². The van der Waals surface area contributed by atoms with Crippen LogP contribution in [-0.2, 0) is 9.47 Å². The Morgan fingerprint density at radius 2 is 1.83 bits per heavy atom. The third kappa shape index (κ3) is 8.75. The first-order chi connectivity index (χ1) is 8.58. The third-order valence-corrected chi connectivity index (χ3v) is 3.11. The summed E-state index contributed by atoms with van der Waals surface area (Å²) in [5, 5.41) is 0. The van der Waals surface area contributed by atoms with Crippen molar-refractivity contribution in [2.24, 2.45) is 0 Å². The van der Waals surface area contributed by atoms with Gasteiger partial charge in [-0.05, 0) is 32.1 Å². The second-order valence-electron chi connectivity index (χ2n) is 4.82. The molecule has 0 radical (unpaired) electrons. The minimum Gasteiger partial charge on any atom is -0.381 e. The molecule has 0 saturated carbocycles. The summed E-state index contributed by atoms with van der Waals surface area (Å²) in [4.78, 5) is 0. The van der Waals surface area contributed by atoms with Crippen LogP contribution in [0, 0.1) is 0 Å². The van der Waals surface area contributed by atoms with Crippen LogP contribution in [0.25, 0.3) is 0 Å². The van der Waals surface area contributed by atoms with E-state index in [9.17, 15) is 13.2 Å². The van der Waals surface area contributed by atoms with E-state index in [-0.39, 0.29) is 6.42 Å². The van der Waals surface area contributed by atoms with Crippen molar-refractivity contribution in [1.29, 1.82) is 0 Å². The van der Waals surface area contributed by atoms with Crippen molar-refractivity contribution < 1.29 is 22.6 Å². The lowest BCUT2D eigenvalue weighted by atomic mass is 10.1. The molecule has 0 N–H and O–H groups in total. The molecule has 2 nitrogen and oxygen atoms in total. The molecule has 0 amide bonds. The third-order valence-electron chi connectivity index (χ3n) is 3.11. The minimum absolute atomic E-state index is 0.236. The van der Waals surface area contributed by atoms with Gasteiger partial charge in [0.2, 0.25) is 0 Å². The van der Waals surface area contributed by atoms with Gasteiger partial charge in [0, 0.05) is 26.2 Å². The van der Waals surface area contributed by atoms with Crippen LogP contribution in [0.1, 0.15) is 51.4 Å². The number of halogens is 3. The number of rotatable bonds is 9. The summed E-state index contributed by atoms with van der Waals surface area (Å²) in [6, 6.07) is 0. The lowest BCUT2D eigenvalue weighted by Gasteiger charge is -2.09. The molecule has 1 fully saturated rings. The highest BCUT2D eigenvalue weighted by molar-refractivity contribution is 4.63. The molecule has 0 aromatic rings. The Labute approximate surface area is 107 Å². The largest absolute Gasteiger partial charge is 0.389 e. The van der Waals surface area contributed by atoms with Gasteiger partial charge in [0.15, 0.2) is 0 Å². The number of ether oxygens (including phenoxy) is 2. The van der Waals surface area contributed by atoms with Gasteiger partial charge in [0.25, 0.3) is 0 Å². The average molecular weight is 268 g/mol. The Balaban J connectivity index is 1.76. The second-order valence-corrected chi connectivity index (χ2v) is 4.82. The van der Waals surface area contributed by atoms with Crippen LogP contribution in [0.15, 0.2) is 0 Å². The Kier molecular flexibility index (Phi) is 7.66. The van der Waals surface area contributed by atoms with E-state index in [0.717, 1.165) is 38.7 Å². The van der Waals surface area contributed by atoms with Crippen molar-refractivity contribution in [3.63, 3.8) is 0 Å². The molecule has 0 aromatic heterocycles. The molecular formula is C13H23F3O2. The van der Waals surface area contributed by atoms with E-state index in [1.54, 1.807) is 0 Å². The lowest BCUT2D eigenvalue weighted by Crippen LogP contribution is -2.09. The van der Waals surface area contributed by atoms with Crippen LogP contribution in [0.4, 0.5) is 13.2 Å². The van der Waals surface area contributed by atoms with Crippen molar-refractivity contribution in [3.05, 3.63) is 0 Å². The second kappa shape index (κ2) is 8.75. The highest BCUT2D eigenvalue weighted by atomic mass is 19.4. The smallest absolute Gasteiger partial charge is 0.381 e. The fourth-order valence-electron chi connectivity index (χ4n) is 2.07. The fraction of sp³-hybridized carbons (Fsp3) is 1.00. The van der Waals surface area contributed by atoms with Crippen molar-refractivity contribution in [2.75, 3.05) is 19.8 Å². The van der Waals surface area contributed by atoms with Gasteiger partial charge in [-0.1, -0.05) is 12.8 Å². The summed E-state index contributed by atoms with van der Waals surface area (Å²) >= 11 is 0. The zero-order valence-corrected chi connectivity index (χ0v) is 10.8. The van der Waals surface area contributed by atoms with E-state index in [4.69, 9.17) is 9.47 Å². The monoisotopic (exact) mass is 268 g/mol. The number of alkyl halides is 3. The maximum atomic E-state index is 11.8. The summed E-state index contributed by atoms with van der Waals surface area (Å²) in [5.41, 5.74) is 0. The molecule has 1 unspecified atom stereocenters. The maximum absolute atomic E-state index is 11.8. The Hall–Kier alpha value is -0.290. The van der Waals surface area contributed by atoms with Gasteiger partial charge < -0.3 is 9.47 Å². The first-order valence-corrected chi connectivity index (χ1v) is 6.84. The van der Waals surface area contributed by atoms with E-state index in [1.165, 1.54) is 0 Å². The normalized spacial score (nSPS) is 20.5. The van der Waals surface area contributed by atoms with Crippen molar-refractivity contribution in [1.82, 2.24) is 0 Å². The van der Waals surface area contributed by atoms with Crippen molar-refractivity contribution in [2.45, 2.75) is 63.6 Å². The van der Waals surface area contributed by atoms with Gasteiger partial charge >= 0.3 is 6.18 Å². The number of hydrogen-bond acceptors (Lipinski definition) is 2. The molecule has 1 rings (SSSR count). The molecule has 108 valence electrons. The maximum Gasteiger partial charge on any atom is 0.389 e. The lowest BCUT2D eigenvalue weighted by molar-refractivity contribution is -0.135. The molecule has 0 spiro atoms. The Morgan fingerprint density at radius 1 is 1.06 bits per heavy atom. The zero-order chi connectivity index (χ0) is 13.3. The summed E-state index contributed by atoms with van der Waals surface area (Å²) in [7, 11) is 0. The summed E-state index contributed by atoms with van der Waals surface area (Å²) in [6.07, 6.45) is 1.44. The molecule has 1 saturated heterocycles. The summed E-state index contributed by atoms with van der Waals surface area (Å²) < 4.78 is 46.4. The van der Waals surface area contributed by atoms with Gasteiger partial charge in [-0.15, -0.1) is 0 Å². The van der Waals surface area contributed by atoms with Crippen LogP contribution in [0.3, 0.4) is 0 Å². The number of hydrogen-bond donors (Lipinski definition) is 0. The SMILES string of the molecule is FC(F)(F)CCCCCCOCCC1CCCO1. The molecule has 1 atom stereocenters. The Bertz CT molecular complexity index is 201. The van der Waals surface area contributed by atoms with E-state index in [1.807, 2.05) is 0 Å². The predicted molar refractivity (Wildman–Crippen MR) is 63.6 cm³/mol. The van der Waals surface area contributed by atoms with Crippen molar-refractivity contribution in [3.8, 4) is 0 Å². The summed E-state index contributed by atoms with van der Waals surface area (Å²) in [5.74, 6) is 0. The van der Waals surface area contributed by atoms with E-state index in [2.05, 4.69) is 0 Å². The van der Waals surface area contributed by atoms with Gasteiger partial charge in [0.05, 0.1) is 6.10 Å². The molecule has 0 aromatic carbocycles. The zero-order valence-electron chi connectivity index (χ0n) is 10.8. The van der Waals surface area contributed by atoms with Crippen LogP contribution in [-0.4, -0.2) is 32.1 Å². The quantitative estimate of drug-likeness (QED) is 0.586. The molecule has 18 heavy (non-hydrogen) atoms. The van der Waals surface area contributed by atoms with Gasteiger partial charge in [0.1, 0.15) is 0 Å². The van der Waals surface area contributed by atoms with Gasteiger partial charge in [-0.2, -0.15) is 13.2 Å². The molecule has 1 heterocycles. The van der Waals surface area contributed by atoms with E-state index in [0.29, 0.717) is 25.7 Å². The van der Waals surface area contributed by atoms with E-state index < -0.39 is 12.6 Å².